The molecule has 0 bridgehead atoms. The highest BCUT2D eigenvalue weighted by atomic mass is 79.9. The van der Waals surface area contributed by atoms with Crippen molar-refractivity contribution in [2.45, 2.75) is 0 Å². The molecular weight excluding hydrogens is 352 g/mol. The number of halogens is 1. The average Bonchev–Trinajstić information content (AvgIpc) is 2.61. The fourth-order valence-electron chi connectivity index (χ4n) is 2.12. The van der Waals surface area contributed by atoms with Crippen molar-refractivity contribution in [2.24, 2.45) is 10.2 Å². The van der Waals surface area contributed by atoms with E-state index in [4.69, 9.17) is 0 Å². The Balaban J connectivity index is 1.93. The van der Waals surface area contributed by atoms with Crippen LogP contribution >= 0.6 is 15.9 Å². The normalized spacial score (nSPS) is 10.8. The second-order valence-corrected chi connectivity index (χ2v) is 5.80. The van der Waals surface area contributed by atoms with Gasteiger partial charge in [-0.05, 0) is 48.5 Å². The van der Waals surface area contributed by atoms with Crippen LogP contribution in [0.3, 0.4) is 0 Å². The van der Waals surface area contributed by atoms with Crippen molar-refractivity contribution in [3.63, 3.8) is 0 Å². The lowest BCUT2D eigenvalue weighted by Gasteiger charge is -2.04. The van der Waals surface area contributed by atoms with Gasteiger partial charge in [0.1, 0.15) is 0 Å². The molecule has 0 heterocycles. The zero-order valence-electron chi connectivity index (χ0n) is 12.2. The summed E-state index contributed by atoms with van der Waals surface area (Å²) < 4.78 is 0.936. The van der Waals surface area contributed by atoms with Crippen molar-refractivity contribution >= 4 is 33.1 Å². The topological polar surface area (TPSA) is 41.8 Å². The molecule has 3 nitrogen and oxygen atoms in total. The molecule has 0 aromatic heterocycles. The maximum absolute atomic E-state index is 12.7. The van der Waals surface area contributed by atoms with Gasteiger partial charge in [-0.1, -0.05) is 46.3 Å². The lowest BCUT2D eigenvalue weighted by atomic mass is 10.0. The number of benzene rings is 3. The summed E-state index contributed by atoms with van der Waals surface area (Å²) in [6.07, 6.45) is 0. The molecule has 0 fully saturated rings. The zero-order valence-corrected chi connectivity index (χ0v) is 13.8. The van der Waals surface area contributed by atoms with Crippen LogP contribution in [0.1, 0.15) is 15.9 Å². The molecule has 0 radical (unpaired) electrons. The van der Waals surface area contributed by atoms with Gasteiger partial charge in [0, 0.05) is 10.0 Å². The Bertz CT molecular complexity index is 843. The van der Waals surface area contributed by atoms with Gasteiger partial charge in [-0.2, -0.15) is 5.11 Å². The molecule has 0 N–H and O–H groups in total. The van der Waals surface area contributed by atoms with Gasteiger partial charge in [-0.15, -0.1) is 5.11 Å². The molecule has 112 valence electrons. The Morgan fingerprint density at radius 1 is 0.739 bits per heavy atom. The van der Waals surface area contributed by atoms with Gasteiger partial charge in [0.05, 0.1) is 16.9 Å². The number of carbonyl (C=O) groups excluding carboxylic acids is 1. The van der Waals surface area contributed by atoms with E-state index < -0.39 is 0 Å². The summed E-state index contributed by atoms with van der Waals surface area (Å²) in [4.78, 5) is 12.7. The molecule has 0 saturated carbocycles. The molecule has 23 heavy (non-hydrogen) atoms. The summed E-state index contributed by atoms with van der Waals surface area (Å²) in [6, 6.07) is 23.9. The Morgan fingerprint density at radius 2 is 1.39 bits per heavy atom. The molecule has 3 aromatic carbocycles. The highest BCUT2D eigenvalue weighted by molar-refractivity contribution is 9.10. The largest absolute Gasteiger partial charge is 0.289 e. The first-order valence-electron chi connectivity index (χ1n) is 7.10. The van der Waals surface area contributed by atoms with Crippen LogP contribution in [0.15, 0.2) is 93.6 Å². The quantitative estimate of drug-likeness (QED) is 0.407. The molecule has 0 aliphatic heterocycles. The van der Waals surface area contributed by atoms with E-state index >= 15 is 0 Å². The highest BCUT2D eigenvalue weighted by Crippen LogP contribution is 2.25. The smallest absolute Gasteiger partial charge is 0.195 e. The van der Waals surface area contributed by atoms with Gasteiger partial charge in [-0.25, -0.2) is 0 Å². The van der Waals surface area contributed by atoms with E-state index in [0.717, 1.165) is 10.2 Å². The van der Waals surface area contributed by atoms with Crippen LogP contribution in [0.5, 0.6) is 0 Å². The van der Waals surface area contributed by atoms with E-state index in [9.17, 15) is 4.79 Å². The number of azo groups is 1. The number of hydrogen-bond acceptors (Lipinski definition) is 3. The van der Waals surface area contributed by atoms with Gasteiger partial charge >= 0.3 is 0 Å². The number of nitrogens with zero attached hydrogens (tertiary/aromatic N) is 2. The molecule has 3 rings (SSSR count). The van der Waals surface area contributed by atoms with E-state index in [0.29, 0.717) is 16.8 Å². The Morgan fingerprint density at radius 3 is 2.13 bits per heavy atom. The van der Waals surface area contributed by atoms with Crippen LogP contribution in [-0.4, -0.2) is 5.78 Å². The molecule has 0 unspecified atom stereocenters. The molecule has 4 heteroatoms. The second kappa shape index (κ2) is 7.11. The Labute approximate surface area is 142 Å². The SMILES string of the molecule is O=C(c1ccc(Br)cc1)c1ccccc1N=Nc1ccccc1. The second-order valence-electron chi connectivity index (χ2n) is 4.89. The third-order valence-electron chi connectivity index (χ3n) is 3.28. The van der Waals surface area contributed by atoms with Gasteiger partial charge in [0.15, 0.2) is 5.78 Å². The standard InChI is InChI=1S/C19H13BrN2O/c20-15-12-10-14(11-13-15)19(23)17-8-4-5-9-18(17)22-21-16-6-2-1-3-7-16/h1-13H. The first kappa shape index (κ1) is 15.3. The van der Waals surface area contributed by atoms with Crippen molar-refractivity contribution in [3.05, 3.63) is 94.5 Å². The lowest BCUT2D eigenvalue weighted by molar-refractivity contribution is 0.103. The van der Waals surface area contributed by atoms with Crippen LogP contribution in [0.2, 0.25) is 0 Å². The Kier molecular flexibility index (Phi) is 4.74. The predicted molar refractivity (Wildman–Crippen MR) is 94.6 cm³/mol. The summed E-state index contributed by atoms with van der Waals surface area (Å²) in [5, 5.41) is 8.43. The monoisotopic (exact) mass is 364 g/mol. The van der Waals surface area contributed by atoms with Crippen molar-refractivity contribution in [3.8, 4) is 0 Å². The third-order valence-corrected chi connectivity index (χ3v) is 3.81. The van der Waals surface area contributed by atoms with Crippen LogP contribution in [0.4, 0.5) is 11.4 Å². The van der Waals surface area contributed by atoms with Crippen LogP contribution < -0.4 is 0 Å². The summed E-state index contributed by atoms with van der Waals surface area (Å²) in [7, 11) is 0. The molecule has 0 aliphatic rings. The zero-order chi connectivity index (χ0) is 16.1. The number of ketones is 1. The number of hydrogen-bond donors (Lipinski definition) is 0. The lowest BCUT2D eigenvalue weighted by Crippen LogP contribution is -2.01. The highest BCUT2D eigenvalue weighted by Gasteiger charge is 2.13. The van der Waals surface area contributed by atoms with E-state index in [1.54, 1.807) is 24.3 Å². The fraction of sp³-hybridized carbons (Fsp3) is 0. The third kappa shape index (κ3) is 3.79. The fourth-order valence-corrected chi connectivity index (χ4v) is 2.38. The van der Waals surface area contributed by atoms with E-state index in [1.807, 2.05) is 54.6 Å². The molecule has 0 amide bonds. The van der Waals surface area contributed by atoms with E-state index in [-0.39, 0.29) is 5.78 Å². The minimum absolute atomic E-state index is 0.0693. The molecular formula is C19H13BrN2O. The Hall–Kier alpha value is -2.59. The molecule has 0 atom stereocenters. The number of carbonyl (C=O) groups is 1. The summed E-state index contributed by atoms with van der Waals surface area (Å²) in [5.74, 6) is -0.0693. The van der Waals surface area contributed by atoms with Crippen molar-refractivity contribution in [1.82, 2.24) is 0 Å². The molecule has 0 spiro atoms. The first-order valence-corrected chi connectivity index (χ1v) is 7.89. The van der Waals surface area contributed by atoms with Crippen LogP contribution in [0, 0.1) is 0 Å². The average molecular weight is 365 g/mol. The van der Waals surface area contributed by atoms with Gasteiger partial charge in [0.2, 0.25) is 0 Å². The number of rotatable bonds is 4. The molecule has 3 aromatic rings. The predicted octanol–water partition coefficient (Wildman–Crippen LogP) is 6.10. The van der Waals surface area contributed by atoms with Gasteiger partial charge in [-0.3, -0.25) is 4.79 Å². The minimum Gasteiger partial charge on any atom is -0.289 e. The molecule has 0 aliphatic carbocycles. The summed E-state index contributed by atoms with van der Waals surface area (Å²) in [6.45, 7) is 0. The van der Waals surface area contributed by atoms with Crippen molar-refractivity contribution in [2.75, 3.05) is 0 Å². The molecule has 0 saturated heterocycles. The summed E-state index contributed by atoms with van der Waals surface area (Å²) in [5.41, 5.74) is 2.47. The van der Waals surface area contributed by atoms with Crippen molar-refractivity contribution < 1.29 is 4.79 Å². The van der Waals surface area contributed by atoms with Gasteiger partial charge in [0.25, 0.3) is 0 Å². The maximum Gasteiger partial charge on any atom is 0.195 e. The van der Waals surface area contributed by atoms with E-state index in [1.165, 1.54) is 0 Å². The maximum atomic E-state index is 12.7. The minimum atomic E-state index is -0.0693. The van der Waals surface area contributed by atoms with E-state index in [2.05, 4.69) is 26.2 Å². The van der Waals surface area contributed by atoms with Crippen LogP contribution in [-0.2, 0) is 0 Å². The van der Waals surface area contributed by atoms with Crippen LogP contribution in [0.25, 0.3) is 0 Å². The van der Waals surface area contributed by atoms with Crippen molar-refractivity contribution in [1.29, 1.82) is 0 Å². The summed E-state index contributed by atoms with van der Waals surface area (Å²) >= 11 is 3.37. The first-order chi connectivity index (χ1) is 11.2. The van der Waals surface area contributed by atoms with Gasteiger partial charge < -0.3 is 0 Å².